The number of aryl methyl sites for hydroxylation is 1. The standard InChI is InChI=1S/C12H18N2O3S/c1-4-14-12(15)9(3)18(16,17)11-6-5-10(13)7-8(11)2/h5-7,9H,4,13H2,1-3H3,(H,14,15). The van der Waals surface area contributed by atoms with Crippen molar-refractivity contribution in [2.45, 2.75) is 30.9 Å². The van der Waals surface area contributed by atoms with Crippen LogP contribution in [-0.4, -0.2) is 26.1 Å². The van der Waals surface area contributed by atoms with Crippen molar-refractivity contribution in [1.29, 1.82) is 0 Å². The van der Waals surface area contributed by atoms with Gasteiger partial charge in [-0.2, -0.15) is 0 Å². The van der Waals surface area contributed by atoms with E-state index < -0.39 is 21.0 Å². The number of nitrogens with one attached hydrogen (secondary N) is 1. The lowest BCUT2D eigenvalue weighted by Gasteiger charge is -2.14. The lowest BCUT2D eigenvalue weighted by atomic mass is 10.2. The second-order valence-electron chi connectivity index (χ2n) is 4.11. The molecule has 0 aromatic heterocycles. The lowest BCUT2D eigenvalue weighted by Crippen LogP contribution is -2.37. The molecule has 1 amide bonds. The first-order chi connectivity index (χ1) is 8.30. The summed E-state index contributed by atoms with van der Waals surface area (Å²) in [6.07, 6.45) is 0. The van der Waals surface area contributed by atoms with Gasteiger partial charge in [0, 0.05) is 12.2 Å². The average Bonchev–Trinajstić information content (AvgIpc) is 2.27. The largest absolute Gasteiger partial charge is 0.399 e. The Balaban J connectivity index is 3.17. The molecule has 0 saturated heterocycles. The summed E-state index contributed by atoms with van der Waals surface area (Å²) in [6, 6.07) is 4.54. The minimum Gasteiger partial charge on any atom is -0.399 e. The zero-order valence-corrected chi connectivity index (χ0v) is 11.5. The first-order valence-electron chi connectivity index (χ1n) is 5.68. The summed E-state index contributed by atoms with van der Waals surface area (Å²) in [5.41, 5.74) is 6.62. The van der Waals surface area contributed by atoms with Crippen molar-refractivity contribution in [3.05, 3.63) is 23.8 Å². The second-order valence-corrected chi connectivity index (χ2v) is 6.34. The van der Waals surface area contributed by atoms with Gasteiger partial charge in [0.15, 0.2) is 9.84 Å². The summed E-state index contributed by atoms with van der Waals surface area (Å²) in [5.74, 6) is -0.492. The highest BCUT2D eigenvalue weighted by Gasteiger charge is 2.30. The molecule has 0 heterocycles. The molecule has 0 bridgehead atoms. The molecule has 1 rings (SSSR count). The molecule has 0 saturated carbocycles. The maximum Gasteiger partial charge on any atom is 0.238 e. The molecular weight excluding hydrogens is 252 g/mol. The molecule has 0 spiro atoms. The van der Waals surface area contributed by atoms with Crippen LogP contribution >= 0.6 is 0 Å². The van der Waals surface area contributed by atoms with Gasteiger partial charge in [0.2, 0.25) is 5.91 Å². The summed E-state index contributed by atoms with van der Waals surface area (Å²) < 4.78 is 24.6. The monoisotopic (exact) mass is 270 g/mol. The molecule has 6 heteroatoms. The highest BCUT2D eigenvalue weighted by atomic mass is 32.2. The van der Waals surface area contributed by atoms with Gasteiger partial charge in [0.25, 0.3) is 0 Å². The molecule has 18 heavy (non-hydrogen) atoms. The van der Waals surface area contributed by atoms with Gasteiger partial charge in [-0.05, 0) is 44.5 Å². The van der Waals surface area contributed by atoms with Gasteiger partial charge >= 0.3 is 0 Å². The zero-order valence-electron chi connectivity index (χ0n) is 10.7. The van der Waals surface area contributed by atoms with Crippen LogP contribution in [0.25, 0.3) is 0 Å². The Hall–Kier alpha value is -1.56. The van der Waals surface area contributed by atoms with E-state index in [0.717, 1.165) is 0 Å². The van der Waals surface area contributed by atoms with Crippen LogP contribution in [-0.2, 0) is 14.6 Å². The van der Waals surface area contributed by atoms with Crippen molar-refractivity contribution < 1.29 is 13.2 Å². The number of benzene rings is 1. The molecule has 0 aliphatic heterocycles. The summed E-state index contributed by atoms with van der Waals surface area (Å²) in [7, 11) is -3.68. The number of nitrogen functional groups attached to an aromatic ring is 1. The molecule has 0 aliphatic carbocycles. The normalized spacial score (nSPS) is 13.1. The van der Waals surface area contributed by atoms with Crippen LogP contribution in [0, 0.1) is 6.92 Å². The number of rotatable bonds is 4. The summed E-state index contributed by atoms with van der Waals surface area (Å²) in [4.78, 5) is 11.8. The Morgan fingerprint density at radius 3 is 2.56 bits per heavy atom. The Morgan fingerprint density at radius 1 is 1.44 bits per heavy atom. The Bertz CT molecular complexity index is 552. The van der Waals surface area contributed by atoms with E-state index in [1.165, 1.54) is 19.1 Å². The van der Waals surface area contributed by atoms with Crippen LogP contribution in [0.2, 0.25) is 0 Å². The predicted octanol–water partition coefficient (Wildman–Crippen LogP) is 0.876. The van der Waals surface area contributed by atoms with E-state index in [1.807, 2.05) is 0 Å². The van der Waals surface area contributed by atoms with Crippen LogP contribution in [0.3, 0.4) is 0 Å². The fourth-order valence-corrected chi connectivity index (χ4v) is 3.15. The number of anilines is 1. The van der Waals surface area contributed by atoms with Crippen LogP contribution in [0.5, 0.6) is 0 Å². The van der Waals surface area contributed by atoms with Gasteiger partial charge in [0.1, 0.15) is 5.25 Å². The minimum atomic E-state index is -3.68. The van der Waals surface area contributed by atoms with Gasteiger partial charge < -0.3 is 11.1 Å². The SMILES string of the molecule is CCNC(=O)C(C)S(=O)(=O)c1ccc(N)cc1C. The van der Waals surface area contributed by atoms with E-state index in [2.05, 4.69) is 5.32 Å². The minimum absolute atomic E-state index is 0.149. The van der Waals surface area contributed by atoms with Crippen LogP contribution in [0.1, 0.15) is 19.4 Å². The van der Waals surface area contributed by atoms with E-state index in [0.29, 0.717) is 17.8 Å². The molecule has 5 nitrogen and oxygen atoms in total. The maximum absolute atomic E-state index is 12.3. The fraction of sp³-hybridized carbons (Fsp3) is 0.417. The van der Waals surface area contributed by atoms with Crippen LogP contribution in [0.15, 0.2) is 23.1 Å². The second kappa shape index (κ2) is 5.39. The molecule has 1 aromatic carbocycles. The Kier molecular flexibility index (Phi) is 4.34. The molecule has 100 valence electrons. The summed E-state index contributed by atoms with van der Waals surface area (Å²) in [6.45, 7) is 5.19. The fourth-order valence-electron chi connectivity index (χ4n) is 1.64. The van der Waals surface area contributed by atoms with Crippen molar-refractivity contribution in [2.24, 2.45) is 0 Å². The summed E-state index contributed by atoms with van der Waals surface area (Å²) >= 11 is 0. The first-order valence-corrected chi connectivity index (χ1v) is 7.23. The number of hydrogen-bond acceptors (Lipinski definition) is 4. The Labute approximate surface area is 107 Å². The van der Waals surface area contributed by atoms with Gasteiger partial charge in [-0.15, -0.1) is 0 Å². The van der Waals surface area contributed by atoms with Crippen molar-refractivity contribution in [3.8, 4) is 0 Å². The number of amides is 1. The lowest BCUT2D eigenvalue weighted by molar-refractivity contribution is -0.120. The third-order valence-electron chi connectivity index (χ3n) is 2.69. The quantitative estimate of drug-likeness (QED) is 0.795. The van der Waals surface area contributed by atoms with E-state index in [1.54, 1.807) is 19.9 Å². The van der Waals surface area contributed by atoms with Crippen molar-refractivity contribution in [1.82, 2.24) is 5.32 Å². The average molecular weight is 270 g/mol. The molecule has 1 unspecified atom stereocenters. The molecule has 0 aliphatic rings. The highest BCUT2D eigenvalue weighted by molar-refractivity contribution is 7.92. The number of hydrogen-bond donors (Lipinski definition) is 2. The first kappa shape index (κ1) is 14.5. The van der Waals surface area contributed by atoms with Gasteiger partial charge in [0.05, 0.1) is 4.90 Å². The highest BCUT2D eigenvalue weighted by Crippen LogP contribution is 2.22. The summed E-state index contributed by atoms with van der Waals surface area (Å²) in [5, 5.41) is 1.40. The van der Waals surface area contributed by atoms with Gasteiger partial charge in [-0.1, -0.05) is 0 Å². The molecule has 1 aromatic rings. The third-order valence-corrected chi connectivity index (χ3v) is 4.91. The number of nitrogens with two attached hydrogens (primary N) is 1. The van der Waals surface area contributed by atoms with Crippen molar-refractivity contribution in [2.75, 3.05) is 12.3 Å². The van der Waals surface area contributed by atoms with Gasteiger partial charge in [-0.25, -0.2) is 8.42 Å². The van der Waals surface area contributed by atoms with E-state index >= 15 is 0 Å². The third kappa shape index (κ3) is 2.81. The molecule has 0 radical (unpaired) electrons. The van der Waals surface area contributed by atoms with Crippen LogP contribution < -0.4 is 11.1 Å². The maximum atomic E-state index is 12.3. The molecule has 3 N–H and O–H groups in total. The smallest absolute Gasteiger partial charge is 0.238 e. The number of sulfone groups is 1. The van der Waals surface area contributed by atoms with Gasteiger partial charge in [-0.3, -0.25) is 4.79 Å². The van der Waals surface area contributed by atoms with E-state index in [4.69, 9.17) is 5.73 Å². The topological polar surface area (TPSA) is 89.3 Å². The molecular formula is C12H18N2O3S. The van der Waals surface area contributed by atoms with Crippen molar-refractivity contribution >= 4 is 21.4 Å². The van der Waals surface area contributed by atoms with Crippen LogP contribution in [0.4, 0.5) is 5.69 Å². The number of carbonyl (C=O) groups is 1. The molecule has 0 fully saturated rings. The predicted molar refractivity (Wildman–Crippen MR) is 70.9 cm³/mol. The Morgan fingerprint density at radius 2 is 2.06 bits per heavy atom. The van der Waals surface area contributed by atoms with Crippen molar-refractivity contribution in [3.63, 3.8) is 0 Å². The molecule has 1 atom stereocenters. The van der Waals surface area contributed by atoms with E-state index in [9.17, 15) is 13.2 Å². The number of carbonyl (C=O) groups excluding carboxylic acids is 1. The van der Waals surface area contributed by atoms with E-state index in [-0.39, 0.29) is 4.90 Å². The zero-order chi connectivity index (χ0) is 13.9.